The van der Waals surface area contributed by atoms with Crippen molar-refractivity contribution < 1.29 is 13.2 Å². The number of halogens is 3. The zero-order valence-corrected chi connectivity index (χ0v) is 12.2. The molecule has 0 radical (unpaired) electrons. The molecule has 1 aliphatic heterocycles. The van der Waals surface area contributed by atoms with Crippen molar-refractivity contribution >= 4 is 0 Å². The van der Waals surface area contributed by atoms with E-state index in [9.17, 15) is 13.2 Å². The Morgan fingerprint density at radius 2 is 1.80 bits per heavy atom. The summed E-state index contributed by atoms with van der Waals surface area (Å²) < 4.78 is 39.0. The molecule has 3 rings (SSSR count). The van der Waals surface area contributed by atoms with Gasteiger partial charge in [0.2, 0.25) is 0 Å². The number of nitrogens with one attached hydrogen (secondary N) is 1. The van der Waals surface area contributed by atoms with Gasteiger partial charge in [-0.25, -0.2) is 0 Å². The van der Waals surface area contributed by atoms with E-state index in [1.807, 2.05) is 0 Å². The van der Waals surface area contributed by atoms with Crippen molar-refractivity contribution in [2.75, 3.05) is 19.6 Å². The number of piperazine rings is 1. The Kier molecular flexibility index (Phi) is 3.57. The Labute approximate surface area is 119 Å². The van der Waals surface area contributed by atoms with Crippen molar-refractivity contribution in [1.29, 1.82) is 0 Å². The van der Waals surface area contributed by atoms with Crippen LogP contribution in [0.15, 0.2) is 0 Å². The van der Waals surface area contributed by atoms with Crippen molar-refractivity contribution in [1.82, 2.24) is 10.2 Å². The molecule has 20 heavy (non-hydrogen) atoms. The quantitative estimate of drug-likeness (QED) is 0.839. The first-order chi connectivity index (χ1) is 9.33. The van der Waals surface area contributed by atoms with Crippen LogP contribution in [-0.2, 0) is 0 Å². The molecule has 116 valence electrons. The molecule has 5 heteroatoms. The first-order valence-corrected chi connectivity index (χ1v) is 7.90. The molecule has 1 spiro atoms. The largest absolute Gasteiger partial charge is 0.401 e. The highest BCUT2D eigenvalue weighted by molar-refractivity contribution is 5.09. The predicted octanol–water partition coefficient (Wildman–Crippen LogP) is 3.33. The minimum atomic E-state index is -4.09. The van der Waals surface area contributed by atoms with E-state index in [0.717, 1.165) is 45.1 Å². The Morgan fingerprint density at radius 3 is 2.35 bits per heavy atom. The number of hydrogen-bond donors (Lipinski definition) is 1. The monoisotopic (exact) mass is 290 g/mol. The lowest BCUT2D eigenvalue weighted by Crippen LogP contribution is -2.71. The lowest BCUT2D eigenvalue weighted by Gasteiger charge is -2.55. The number of rotatable bonds is 2. The van der Waals surface area contributed by atoms with Gasteiger partial charge in [-0.1, -0.05) is 19.3 Å². The summed E-state index contributed by atoms with van der Waals surface area (Å²) in [5.74, 6) is 0.569. The molecular weight excluding hydrogens is 265 g/mol. The van der Waals surface area contributed by atoms with E-state index in [1.54, 1.807) is 4.90 Å². The van der Waals surface area contributed by atoms with Gasteiger partial charge in [0.1, 0.15) is 0 Å². The number of hydrogen-bond acceptors (Lipinski definition) is 2. The second-order valence-corrected chi connectivity index (χ2v) is 7.30. The van der Waals surface area contributed by atoms with Crippen LogP contribution in [0.2, 0.25) is 0 Å². The third-order valence-corrected chi connectivity index (χ3v) is 5.64. The fourth-order valence-corrected chi connectivity index (χ4v) is 4.24. The van der Waals surface area contributed by atoms with Gasteiger partial charge in [0.15, 0.2) is 0 Å². The molecule has 0 aromatic rings. The first kappa shape index (κ1) is 14.6. The molecule has 0 bridgehead atoms. The van der Waals surface area contributed by atoms with Crippen LogP contribution in [0.1, 0.15) is 51.9 Å². The average molecular weight is 290 g/mol. The number of alkyl halides is 3. The van der Waals surface area contributed by atoms with E-state index in [4.69, 9.17) is 0 Å². The van der Waals surface area contributed by atoms with Crippen LogP contribution < -0.4 is 5.32 Å². The van der Waals surface area contributed by atoms with Crippen LogP contribution in [-0.4, -0.2) is 41.8 Å². The van der Waals surface area contributed by atoms with Gasteiger partial charge < -0.3 is 5.32 Å². The highest BCUT2D eigenvalue weighted by Crippen LogP contribution is 2.45. The van der Waals surface area contributed by atoms with Gasteiger partial charge >= 0.3 is 6.18 Å². The van der Waals surface area contributed by atoms with Crippen LogP contribution in [0.3, 0.4) is 0 Å². The molecule has 1 unspecified atom stereocenters. The van der Waals surface area contributed by atoms with Gasteiger partial charge in [0.05, 0.1) is 6.54 Å². The van der Waals surface area contributed by atoms with Gasteiger partial charge in [-0.2, -0.15) is 13.2 Å². The predicted molar refractivity (Wildman–Crippen MR) is 72.6 cm³/mol. The van der Waals surface area contributed by atoms with E-state index >= 15 is 0 Å². The third kappa shape index (κ3) is 2.84. The van der Waals surface area contributed by atoms with Gasteiger partial charge in [-0.05, 0) is 38.5 Å². The lowest BCUT2D eigenvalue weighted by atomic mass is 9.75. The lowest BCUT2D eigenvalue weighted by molar-refractivity contribution is -0.172. The van der Waals surface area contributed by atoms with E-state index in [1.165, 1.54) is 6.42 Å². The maximum Gasteiger partial charge on any atom is 0.401 e. The Balaban J connectivity index is 1.79. The molecule has 0 aromatic heterocycles. The fraction of sp³-hybridized carbons (Fsp3) is 1.00. The van der Waals surface area contributed by atoms with E-state index in [2.05, 4.69) is 12.2 Å². The second-order valence-electron chi connectivity index (χ2n) is 7.30. The van der Waals surface area contributed by atoms with Crippen LogP contribution in [0, 0.1) is 5.92 Å². The summed E-state index contributed by atoms with van der Waals surface area (Å²) in [7, 11) is 0. The first-order valence-electron chi connectivity index (χ1n) is 7.90. The minimum absolute atomic E-state index is 0.117. The molecule has 1 heterocycles. The zero-order chi connectivity index (χ0) is 14.4. The molecule has 1 atom stereocenters. The molecule has 1 N–H and O–H groups in total. The molecular formula is C15H25F3N2. The average Bonchev–Trinajstić information content (AvgIpc) is 3.19. The van der Waals surface area contributed by atoms with Crippen molar-refractivity contribution in [2.24, 2.45) is 5.92 Å². The third-order valence-electron chi connectivity index (χ3n) is 5.64. The van der Waals surface area contributed by atoms with Crippen LogP contribution in [0.4, 0.5) is 13.2 Å². The molecule has 0 aromatic carbocycles. The van der Waals surface area contributed by atoms with Gasteiger partial charge in [0, 0.05) is 24.2 Å². The van der Waals surface area contributed by atoms with Crippen molar-refractivity contribution in [3.8, 4) is 0 Å². The summed E-state index contributed by atoms with van der Waals surface area (Å²) in [4.78, 5) is 1.78. The van der Waals surface area contributed by atoms with Crippen LogP contribution in [0.5, 0.6) is 0 Å². The van der Waals surface area contributed by atoms with Gasteiger partial charge in [-0.15, -0.1) is 0 Å². The van der Waals surface area contributed by atoms with Crippen molar-refractivity contribution in [3.05, 3.63) is 0 Å². The second kappa shape index (κ2) is 4.87. The molecule has 2 aliphatic carbocycles. The molecule has 2 saturated carbocycles. The van der Waals surface area contributed by atoms with Gasteiger partial charge in [-0.3, -0.25) is 4.90 Å². The molecule has 2 nitrogen and oxygen atoms in total. The van der Waals surface area contributed by atoms with Crippen LogP contribution in [0.25, 0.3) is 0 Å². The van der Waals surface area contributed by atoms with E-state index < -0.39 is 12.7 Å². The Morgan fingerprint density at radius 1 is 1.15 bits per heavy atom. The molecule has 0 amide bonds. The molecule has 3 fully saturated rings. The summed E-state index contributed by atoms with van der Waals surface area (Å²) in [6, 6.07) is 0. The minimum Gasteiger partial charge on any atom is -0.308 e. The van der Waals surface area contributed by atoms with E-state index in [0.29, 0.717) is 12.5 Å². The van der Waals surface area contributed by atoms with Crippen molar-refractivity contribution in [3.63, 3.8) is 0 Å². The Bertz CT molecular complexity index is 359. The summed E-state index contributed by atoms with van der Waals surface area (Å²) in [5, 5.41) is 3.62. The standard InChI is InChI=1S/C15H25F3N2/c1-13(12-5-6-12)10-20(11-15(16,17)18)14(9-19-13)7-3-2-4-8-14/h12,19H,2-11H2,1H3. The van der Waals surface area contributed by atoms with E-state index in [-0.39, 0.29) is 11.1 Å². The number of nitrogens with zero attached hydrogens (tertiary/aromatic N) is 1. The summed E-state index contributed by atoms with van der Waals surface area (Å²) >= 11 is 0. The van der Waals surface area contributed by atoms with Crippen LogP contribution >= 0.6 is 0 Å². The van der Waals surface area contributed by atoms with Gasteiger partial charge in [0.25, 0.3) is 0 Å². The fourth-order valence-electron chi connectivity index (χ4n) is 4.24. The molecule has 3 aliphatic rings. The topological polar surface area (TPSA) is 15.3 Å². The summed E-state index contributed by atoms with van der Waals surface area (Å²) in [6.07, 6.45) is 3.36. The van der Waals surface area contributed by atoms with Crippen molar-refractivity contribution in [2.45, 2.75) is 69.1 Å². The summed E-state index contributed by atoms with van der Waals surface area (Å²) in [6.45, 7) is 2.66. The SMILES string of the molecule is CC1(C2CC2)CN(CC(F)(F)F)C2(CCCCC2)CN1. The smallest absolute Gasteiger partial charge is 0.308 e. The normalized spacial score (nSPS) is 35.4. The zero-order valence-electron chi connectivity index (χ0n) is 12.2. The Hall–Kier alpha value is -0.290. The maximum atomic E-state index is 13.0. The maximum absolute atomic E-state index is 13.0. The molecule has 1 saturated heterocycles. The highest BCUT2D eigenvalue weighted by atomic mass is 19.4. The highest BCUT2D eigenvalue weighted by Gasteiger charge is 2.53. The summed E-state index contributed by atoms with van der Waals surface area (Å²) in [5.41, 5.74) is -0.365.